The van der Waals surface area contributed by atoms with Crippen LogP contribution in [0.2, 0.25) is 5.02 Å². The quantitative estimate of drug-likeness (QED) is 0.407. The normalized spacial score (nSPS) is 10.6. The summed E-state index contributed by atoms with van der Waals surface area (Å²) in [5.74, 6) is 1.27. The van der Waals surface area contributed by atoms with E-state index in [1.54, 1.807) is 30.3 Å². The van der Waals surface area contributed by atoms with Crippen LogP contribution in [0.4, 0.5) is 5.69 Å². The molecule has 1 aromatic heterocycles. The highest BCUT2D eigenvalue weighted by Gasteiger charge is 2.16. The Kier molecular flexibility index (Phi) is 6.37. The van der Waals surface area contributed by atoms with Crippen molar-refractivity contribution in [1.29, 1.82) is 0 Å². The molecule has 0 saturated carbocycles. The average Bonchev–Trinajstić information content (AvgIpc) is 3.31. The molecule has 162 valence electrons. The predicted octanol–water partition coefficient (Wildman–Crippen LogP) is 5.39. The zero-order valence-corrected chi connectivity index (χ0v) is 18.2. The summed E-state index contributed by atoms with van der Waals surface area (Å²) in [4.78, 5) is 12.5. The number of para-hydroxylation sites is 1. The van der Waals surface area contributed by atoms with E-state index in [0.29, 0.717) is 39.6 Å². The maximum atomic E-state index is 12.5. The van der Waals surface area contributed by atoms with Crippen LogP contribution in [0, 0.1) is 6.92 Å². The number of amides is 1. The first-order valence-corrected chi connectivity index (χ1v) is 10.2. The fourth-order valence-electron chi connectivity index (χ4n) is 3.06. The molecule has 0 radical (unpaired) electrons. The minimum absolute atomic E-state index is 0.221. The molecule has 0 bridgehead atoms. The van der Waals surface area contributed by atoms with Crippen molar-refractivity contribution in [2.45, 2.75) is 6.92 Å². The second kappa shape index (κ2) is 9.53. The van der Waals surface area contributed by atoms with Gasteiger partial charge in [0.1, 0.15) is 11.5 Å². The minimum atomic E-state index is -0.352. The van der Waals surface area contributed by atoms with Gasteiger partial charge in [-0.3, -0.25) is 4.79 Å². The van der Waals surface area contributed by atoms with Gasteiger partial charge in [0.25, 0.3) is 11.8 Å². The number of carbonyl (C=O) groups is 1. The molecule has 4 aromatic rings. The summed E-state index contributed by atoms with van der Waals surface area (Å²) in [5.41, 5.74) is 2.74. The Morgan fingerprint density at radius 1 is 1.00 bits per heavy atom. The van der Waals surface area contributed by atoms with Crippen molar-refractivity contribution in [2.24, 2.45) is 0 Å². The highest BCUT2D eigenvalue weighted by molar-refractivity contribution is 6.31. The number of nitrogens with zero attached hydrogens (tertiary/aromatic N) is 2. The van der Waals surface area contributed by atoms with Crippen LogP contribution in [-0.2, 0) is 4.79 Å². The Morgan fingerprint density at radius 2 is 1.72 bits per heavy atom. The lowest BCUT2D eigenvalue weighted by Gasteiger charge is -2.13. The Labute approximate surface area is 190 Å². The van der Waals surface area contributed by atoms with E-state index in [9.17, 15) is 4.79 Å². The van der Waals surface area contributed by atoms with Crippen LogP contribution >= 0.6 is 11.6 Å². The van der Waals surface area contributed by atoms with Crippen molar-refractivity contribution in [3.8, 4) is 34.4 Å². The van der Waals surface area contributed by atoms with Crippen LogP contribution in [-0.4, -0.2) is 29.8 Å². The third kappa shape index (κ3) is 4.73. The smallest absolute Gasteiger partial charge is 0.262 e. The number of aromatic nitrogens is 2. The summed E-state index contributed by atoms with van der Waals surface area (Å²) >= 11 is 6.12. The molecule has 3 aromatic carbocycles. The molecule has 0 aliphatic heterocycles. The summed E-state index contributed by atoms with van der Waals surface area (Å²) < 4.78 is 16.9. The number of aryl methyl sites for hydroxylation is 1. The first-order chi connectivity index (χ1) is 15.5. The number of nitrogens with one attached hydrogen (secondary N) is 1. The predicted molar refractivity (Wildman–Crippen MR) is 122 cm³/mol. The van der Waals surface area contributed by atoms with Crippen molar-refractivity contribution in [2.75, 3.05) is 19.0 Å². The topological polar surface area (TPSA) is 86.5 Å². The molecule has 0 saturated heterocycles. The summed E-state index contributed by atoms with van der Waals surface area (Å²) in [6.45, 7) is 1.62. The Balaban J connectivity index is 1.48. The highest BCUT2D eigenvalue weighted by atomic mass is 35.5. The Bertz CT molecular complexity index is 1240. The summed E-state index contributed by atoms with van der Waals surface area (Å²) in [7, 11) is 1.51. The lowest BCUT2D eigenvalue weighted by molar-refractivity contribution is -0.118. The van der Waals surface area contributed by atoms with Crippen LogP contribution in [0.25, 0.3) is 22.9 Å². The van der Waals surface area contributed by atoms with Gasteiger partial charge < -0.3 is 19.2 Å². The van der Waals surface area contributed by atoms with Crippen LogP contribution in [0.15, 0.2) is 71.1 Å². The fraction of sp³-hybridized carbons (Fsp3) is 0.125. The molecular weight excluding hydrogens is 430 g/mol. The summed E-state index contributed by atoms with van der Waals surface area (Å²) in [6.07, 6.45) is 0. The van der Waals surface area contributed by atoms with E-state index in [2.05, 4.69) is 15.5 Å². The van der Waals surface area contributed by atoms with Crippen LogP contribution in [0.3, 0.4) is 0 Å². The van der Waals surface area contributed by atoms with Gasteiger partial charge in [-0.2, -0.15) is 0 Å². The summed E-state index contributed by atoms with van der Waals surface area (Å²) in [5, 5.41) is 11.6. The van der Waals surface area contributed by atoms with Gasteiger partial charge in [0, 0.05) is 16.7 Å². The molecule has 0 atom stereocenters. The molecule has 1 heterocycles. The van der Waals surface area contributed by atoms with Gasteiger partial charge in [0.15, 0.2) is 6.61 Å². The van der Waals surface area contributed by atoms with E-state index >= 15 is 0 Å². The number of anilines is 1. The molecule has 32 heavy (non-hydrogen) atoms. The van der Waals surface area contributed by atoms with Crippen LogP contribution < -0.4 is 14.8 Å². The van der Waals surface area contributed by atoms with E-state index in [0.717, 1.165) is 11.1 Å². The van der Waals surface area contributed by atoms with Gasteiger partial charge in [-0.25, -0.2) is 0 Å². The third-order valence-corrected chi connectivity index (χ3v) is 5.08. The maximum Gasteiger partial charge on any atom is 0.262 e. The summed E-state index contributed by atoms with van der Waals surface area (Å²) in [6, 6.07) is 20.0. The minimum Gasteiger partial charge on any atom is -0.495 e. The number of halogens is 1. The van der Waals surface area contributed by atoms with Gasteiger partial charge in [0.05, 0.1) is 18.4 Å². The third-order valence-electron chi connectivity index (χ3n) is 4.68. The SMILES string of the molecule is COc1cc(Cl)c(C)cc1NC(=O)COc1ccccc1-c1nnc(-c2ccccc2)o1. The Hall–Kier alpha value is -3.84. The number of methoxy groups -OCH3 is 1. The van der Waals surface area contributed by atoms with Gasteiger partial charge in [-0.15, -0.1) is 10.2 Å². The second-order valence-electron chi connectivity index (χ2n) is 6.91. The van der Waals surface area contributed by atoms with Crippen molar-refractivity contribution >= 4 is 23.2 Å². The molecule has 8 heteroatoms. The first kappa shape index (κ1) is 21.4. The van der Waals surface area contributed by atoms with E-state index in [1.165, 1.54) is 7.11 Å². The number of rotatable bonds is 7. The molecule has 0 unspecified atom stereocenters. The lowest BCUT2D eigenvalue weighted by Crippen LogP contribution is -2.20. The molecule has 1 N–H and O–H groups in total. The molecule has 4 rings (SSSR count). The van der Waals surface area contributed by atoms with Gasteiger partial charge in [-0.1, -0.05) is 41.9 Å². The number of hydrogen-bond donors (Lipinski definition) is 1. The van der Waals surface area contributed by atoms with Crippen LogP contribution in [0.5, 0.6) is 11.5 Å². The van der Waals surface area contributed by atoms with E-state index in [4.69, 9.17) is 25.5 Å². The van der Waals surface area contributed by atoms with Crippen molar-refractivity contribution in [1.82, 2.24) is 10.2 Å². The van der Waals surface area contributed by atoms with Crippen molar-refractivity contribution in [3.63, 3.8) is 0 Å². The second-order valence-corrected chi connectivity index (χ2v) is 7.32. The fourth-order valence-corrected chi connectivity index (χ4v) is 3.21. The monoisotopic (exact) mass is 449 g/mol. The lowest BCUT2D eigenvalue weighted by atomic mass is 10.2. The zero-order valence-electron chi connectivity index (χ0n) is 17.5. The van der Waals surface area contributed by atoms with E-state index in [-0.39, 0.29) is 12.5 Å². The van der Waals surface area contributed by atoms with Crippen molar-refractivity contribution < 1.29 is 18.7 Å². The molecule has 1 amide bonds. The zero-order chi connectivity index (χ0) is 22.5. The number of ether oxygens (including phenoxy) is 2. The van der Waals surface area contributed by atoms with Crippen molar-refractivity contribution in [3.05, 3.63) is 77.3 Å². The largest absolute Gasteiger partial charge is 0.495 e. The van der Waals surface area contributed by atoms with E-state index in [1.807, 2.05) is 43.3 Å². The standard InChI is InChI=1S/C24H20ClN3O4/c1-15-12-19(21(30-2)13-18(15)25)26-22(29)14-31-20-11-7-6-10-17(20)24-28-27-23(32-24)16-8-4-3-5-9-16/h3-13H,14H2,1-2H3,(H,26,29). The number of benzene rings is 3. The van der Waals surface area contributed by atoms with Gasteiger partial charge in [-0.05, 0) is 42.8 Å². The molecule has 0 fully saturated rings. The molecule has 0 aliphatic rings. The molecular formula is C24H20ClN3O4. The first-order valence-electron chi connectivity index (χ1n) is 9.80. The average molecular weight is 450 g/mol. The number of hydrogen-bond acceptors (Lipinski definition) is 6. The molecule has 0 aliphatic carbocycles. The highest BCUT2D eigenvalue weighted by Crippen LogP contribution is 2.32. The van der Waals surface area contributed by atoms with Crippen LogP contribution in [0.1, 0.15) is 5.56 Å². The maximum absolute atomic E-state index is 12.5. The number of carbonyl (C=O) groups excluding carboxylic acids is 1. The molecule has 7 nitrogen and oxygen atoms in total. The Morgan fingerprint density at radius 3 is 2.50 bits per heavy atom. The van der Waals surface area contributed by atoms with E-state index < -0.39 is 0 Å². The van der Waals surface area contributed by atoms with Gasteiger partial charge in [0.2, 0.25) is 5.89 Å². The van der Waals surface area contributed by atoms with Gasteiger partial charge >= 0.3 is 0 Å². The molecule has 0 spiro atoms.